The molecule has 0 spiro atoms. The van der Waals surface area contributed by atoms with Gasteiger partial charge in [0, 0.05) is 16.0 Å². The largest absolute Gasteiger partial charge is 0.436 e. The van der Waals surface area contributed by atoms with Crippen molar-refractivity contribution in [2.45, 2.75) is 0 Å². The van der Waals surface area contributed by atoms with Crippen molar-refractivity contribution in [3.05, 3.63) is 65.2 Å². The Bertz CT molecular complexity index is 1350. The summed E-state index contributed by atoms with van der Waals surface area (Å²) in [5.74, 6) is 0.955. The minimum atomic E-state index is 0.183. The highest BCUT2D eigenvalue weighted by molar-refractivity contribution is 6.30. The van der Waals surface area contributed by atoms with E-state index in [4.69, 9.17) is 21.8 Å². The molecule has 3 aromatic rings. The molecule has 0 amide bonds. The maximum Gasteiger partial charge on any atom is 0.250 e. The molecule has 2 N–H and O–H groups in total. The highest BCUT2D eigenvalue weighted by atomic mass is 35.5. The molecule has 28 heavy (non-hydrogen) atoms. The highest BCUT2D eigenvalue weighted by Gasteiger charge is 2.25. The van der Waals surface area contributed by atoms with Crippen molar-refractivity contribution in [2.75, 3.05) is 5.73 Å². The number of nitrogens with two attached hydrogens (primary N) is 1. The number of nitrogen functional groups attached to an aromatic ring is 1. The van der Waals surface area contributed by atoms with Crippen molar-refractivity contribution in [3.63, 3.8) is 0 Å². The van der Waals surface area contributed by atoms with Crippen LogP contribution < -0.4 is 5.73 Å². The predicted molar refractivity (Wildman–Crippen MR) is 105 cm³/mol. The maximum atomic E-state index is 9.62. The first-order valence-corrected chi connectivity index (χ1v) is 8.73. The molecule has 0 radical (unpaired) electrons. The second-order valence-electron chi connectivity index (χ2n) is 6.17. The second kappa shape index (κ2) is 6.08. The van der Waals surface area contributed by atoms with Gasteiger partial charge in [-0.3, -0.25) is 0 Å². The predicted octanol–water partition coefficient (Wildman–Crippen LogP) is 4.29. The van der Waals surface area contributed by atoms with Gasteiger partial charge in [0.25, 0.3) is 0 Å². The number of benzene rings is 2. The van der Waals surface area contributed by atoms with Crippen LogP contribution in [0.25, 0.3) is 39.5 Å². The topological polar surface area (TPSA) is 107 Å². The summed E-state index contributed by atoms with van der Waals surface area (Å²) in [6, 6.07) is 18.7. The highest BCUT2D eigenvalue weighted by Crippen LogP contribution is 2.34. The van der Waals surface area contributed by atoms with E-state index in [1.165, 1.54) is 4.68 Å². The van der Waals surface area contributed by atoms with E-state index in [0.717, 1.165) is 10.9 Å². The molecule has 2 aromatic carbocycles. The number of nitriles is 1. The lowest BCUT2D eigenvalue weighted by Gasteiger charge is -2.04. The van der Waals surface area contributed by atoms with Gasteiger partial charge in [-0.2, -0.15) is 15.0 Å². The number of fused-ring (bicyclic) bond motifs is 2. The Labute approximate surface area is 163 Å². The molecule has 1 aromatic heterocycles. The molecule has 0 aliphatic carbocycles. The number of nitrogens with zero attached hydrogens (tertiary/aromatic N) is 5. The van der Waals surface area contributed by atoms with Crippen LogP contribution in [0.4, 0.5) is 5.82 Å². The van der Waals surface area contributed by atoms with E-state index in [1.54, 1.807) is 24.3 Å². The van der Waals surface area contributed by atoms with E-state index < -0.39 is 0 Å². The van der Waals surface area contributed by atoms with Gasteiger partial charge in [-0.05, 0) is 24.3 Å². The van der Waals surface area contributed by atoms with Crippen LogP contribution in [0.2, 0.25) is 5.02 Å². The Morgan fingerprint density at radius 3 is 2.64 bits per heavy atom. The van der Waals surface area contributed by atoms with E-state index in [-0.39, 0.29) is 11.4 Å². The van der Waals surface area contributed by atoms with Gasteiger partial charge < -0.3 is 10.2 Å². The minimum absolute atomic E-state index is 0.183. The van der Waals surface area contributed by atoms with Crippen LogP contribution in [0.5, 0.6) is 0 Å². The third-order valence-corrected chi connectivity index (χ3v) is 4.74. The zero-order valence-corrected chi connectivity index (χ0v) is 15.1. The van der Waals surface area contributed by atoms with Gasteiger partial charge >= 0.3 is 0 Å². The van der Waals surface area contributed by atoms with Crippen molar-refractivity contribution < 1.29 is 4.42 Å². The van der Waals surface area contributed by atoms with Gasteiger partial charge in [0.1, 0.15) is 28.7 Å². The Hall–Kier alpha value is -3.89. The molecule has 7 nitrogen and oxygen atoms in total. The molecule has 8 heteroatoms. The van der Waals surface area contributed by atoms with Crippen molar-refractivity contribution in [1.82, 2.24) is 20.0 Å². The number of anilines is 1. The summed E-state index contributed by atoms with van der Waals surface area (Å²) < 4.78 is 7.23. The number of aromatic nitrogens is 4. The lowest BCUT2D eigenvalue weighted by atomic mass is 10.1. The molecule has 3 heterocycles. The Morgan fingerprint density at radius 1 is 1.07 bits per heavy atom. The van der Waals surface area contributed by atoms with Crippen LogP contribution in [-0.2, 0) is 0 Å². The van der Waals surface area contributed by atoms with Crippen molar-refractivity contribution in [2.24, 2.45) is 0 Å². The molecule has 134 valence electrons. The fourth-order valence-corrected chi connectivity index (χ4v) is 3.25. The molecule has 0 fully saturated rings. The molecule has 2 aliphatic heterocycles. The summed E-state index contributed by atoms with van der Waals surface area (Å²) in [6.45, 7) is 0. The van der Waals surface area contributed by atoms with Crippen molar-refractivity contribution >= 4 is 28.4 Å². The van der Waals surface area contributed by atoms with Gasteiger partial charge in [-0.25, -0.2) is 0 Å². The third kappa shape index (κ3) is 2.40. The normalized spacial score (nSPS) is 11.1. The van der Waals surface area contributed by atoms with Crippen LogP contribution in [0, 0.1) is 11.3 Å². The molecule has 5 rings (SSSR count). The minimum Gasteiger partial charge on any atom is -0.436 e. The molecular formula is C20H11ClN6O. The maximum absolute atomic E-state index is 9.62. The van der Waals surface area contributed by atoms with E-state index >= 15 is 0 Å². The zero-order chi connectivity index (χ0) is 19.3. The molecule has 0 saturated carbocycles. The van der Waals surface area contributed by atoms with Crippen LogP contribution in [0.3, 0.4) is 0 Å². The second-order valence-corrected chi connectivity index (χ2v) is 6.60. The number of halogens is 1. The summed E-state index contributed by atoms with van der Waals surface area (Å²) in [4.78, 5) is 0. The van der Waals surface area contributed by atoms with E-state index in [9.17, 15) is 5.26 Å². The summed E-state index contributed by atoms with van der Waals surface area (Å²) >= 11 is 5.96. The summed E-state index contributed by atoms with van der Waals surface area (Å²) in [6.07, 6.45) is 0. The Balaban J connectivity index is 1.73. The van der Waals surface area contributed by atoms with Gasteiger partial charge in [-0.15, -0.1) is 10.2 Å². The van der Waals surface area contributed by atoms with Crippen LogP contribution in [0.1, 0.15) is 5.56 Å². The van der Waals surface area contributed by atoms with Crippen LogP contribution in [0.15, 0.2) is 59.0 Å². The average molecular weight is 387 g/mol. The molecule has 2 aliphatic rings. The number of rotatable bonds is 2. The van der Waals surface area contributed by atoms with E-state index in [1.807, 2.05) is 30.3 Å². The van der Waals surface area contributed by atoms with Crippen LogP contribution in [-0.4, -0.2) is 20.0 Å². The van der Waals surface area contributed by atoms with Gasteiger partial charge in [-0.1, -0.05) is 41.9 Å². The van der Waals surface area contributed by atoms with E-state index in [2.05, 4.69) is 21.4 Å². The number of hydrogen-bond donors (Lipinski definition) is 1. The lowest BCUT2D eigenvalue weighted by Crippen LogP contribution is -2.04. The summed E-state index contributed by atoms with van der Waals surface area (Å²) in [5, 5.41) is 23.9. The average Bonchev–Trinajstić information content (AvgIpc) is 3.26. The molecule has 0 atom stereocenters. The van der Waals surface area contributed by atoms with Crippen LogP contribution >= 0.6 is 11.6 Å². The van der Waals surface area contributed by atoms with Gasteiger partial charge in [0.05, 0.1) is 5.56 Å². The van der Waals surface area contributed by atoms with Crippen molar-refractivity contribution in [1.29, 1.82) is 5.26 Å². The monoisotopic (exact) mass is 386 g/mol. The first-order valence-electron chi connectivity index (χ1n) is 8.35. The summed E-state index contributed by atoms with van der Waals surface area (Å²) in [7, 11) is 0. The SMILES string of the molecule is N#Cc1c(-c2ccc(Cl)cc2)nn(-c2nnc3oc4ccccc4cc2-3)c1N. The van der Waals surface area contributed by atoms with E-state index in [0.29, 0.717) is 33.6 Å². The first kappa shape index (κ1) is 16.3. The third-order valence-electron chi connectivity index (χ3n) is 4.48. The fourth-order valence-electron chi connectivity index (χ4n) is 3.12. The summed E-state index contributed by atoms with van der Waals surface area (Å²) in [5.41, 5.74) is 9.02. The molecular weight excluding hydrogens is 376 g/mol. The Morgan fingerprint density at radius 2 is 1.86 bits per heavy atom. The van der Waals surface area contributed by atoms with Crippen molar-refractivity contribution in [3.8, 4) is 34.6 Å². The Kier molecular flexibility index (Phi) is 3.54. The number of hydrogen-bond acceptors (Lipinski definition) is 6. The van der Waals surface area contributed by atoms with Gasteiger partial charge in [0.2, 0.25) is 5.89 Å². The molecule has 0 unspecified atom stereocenters. The quantitative estimate of drug-likeness (QED) is 0.485. The zero-order valence-electron chi connectivity index (χ0n) is 14.3. The number of para-hydroxylation sites is 1. The standard InChI is InChI=1S/C20H11ClN6O/c21-13-7-5-11(6-8-13)17-15(10-22)18(23)27(26-17)19-14-9-12-3-1-2-4-16(12)28-20(14)25-24-19/h1-9H,23H2. The lowest BCUT2D eigenvalue weighted by molar-refractivity contribution is 0.598. The van der Waals surface area contributed by atoms with Gasteiger partial charge in [0.15, 0.2) is 5.82 Å². The fraction of sp³-hybridized carbons (Fsp3) is 0. The molecule has 0 bridgehead atoms. The first-order chi connectivity index (χ1) is 13.7. The molecule has 0 saturated heterocycles. The smallest absolute Gasteiger partial charge is 0.250 e.